The van der Waals surface area contributed by atoms with E-state index >= 15 is 0 Å². The van der Waals surface area contributed by atoms with Gasteiger partial charge in [0.15, 0.2) is 0 Å². The summed E-state index contributed by atoms with van der Waals surface area (Å²) in [7, 11) is 0. The molecule has 0 saturated carbocycles. The second-order valence-electron chi connectivity index (χ2n) is 2.82. The Morgan fingerprint density at radius 2 is 1.50 bits per heavy atom. The molecule has 88 valence electrons. The van der Waals surface area contributed by atoms with E-state index in [0.29, 0.717) is 4.31 Å². The number of hydrogen-bond donors (Lipinski definition) is 0. The lowest BCUT2D eigenvalue weighted by Gasteiger charge is -2.23. The van der Waals surface area contributed by atoms with Gasteiger partial charge in [0.05, 0.1) is 0 Å². The van der Waals surface area contributed by atoms with Gasteiger partial charge in [-0.2, -0.15) is 4.31 Å². The van der Waals surface area contributed by atoms with E-state index in [4.69, 9.17) is 4.74 Å². The van der Waals surface area contributed by atoms with E-state index in [1.165, 1.54) is 26.7 Å². The minimum absolute atomic E-state index is 0.0648. The van der Waals surface area contributed by atoms with E-state index in [1.807, 2.05) is 0 Å². The van der Waals surface area contributed by atoms with Gasteiger partial charge in [0.25, 0.3) is 11.4 Å². The third-order valence-corrected chi connectivity index (χ3v) is 2.93. The minimum Gasteiger partial charge on any atom is -0.381 e. The van der Waals surface area contributed by atoms with Crippen LogP contribution in [0.4, 0.5) is 11.7 Å². The van der Waals surface area contributed by atoms with Crippen LogP contribution in [0.1, 0.15) is 26.7 Å². The van der Waals surface area contributed by atoms with Crippen molar-refractivity contribution in [1.82, 2.24) is 4.31 Å². The molecule has 0 bridgehead atoms. The van der Waals surface area contributed by atoms with Crippen LogP contribution >= 0.6 is 11.4 Å². The lowest BCUT2D eigenvalue weighted by Crippen LogP contribution is -2.19. The van der Waals surface area contributed by atoms with E-state index in [2.05, 4.69) is 0 Å². The van der Waals surface area contributed by atoms with Crippen LogP contribution in [-0.2, 0) is 4.74 Å². The number of ether oxygens (including phenoxy) is 1. The molecule has 1 aliphatic heterocycles. The number of nitrogens with zero attached hydrogens (tertiary/aromatic N) is 1. The van der Waals surface area contributed by atoms with Gasteiger partial charge >= 0.3 is 0 Å². The summed E-state index contributed by atoms with van der Waals surface area (Å²) in [5, 5.41) is 0. The number of hydrogen-bond acceptors (Lipinski definition) is 2. The fraction of sp³-hybridized carbons (Fsp3) is 1.00. The highest BCUT2D eigenvalue weighted by molar-refractivity contribution is 8.18. The average Bonchev–Trinajstić information content (AvgIpc) is 2.60. The van der Waals surface area contributed by atoms with Gasteiger partial charge in [-0.3, -0.25) is 0 Å². The first-order valence-electron chi connectivity index (χ1n) is 4.77. The second kappa shape index (κ2) is 7.36. The third-order valence-electron chi connectivity index (χ3n) is 1.83. The van der Waals surface area contributed by atoms with Crippen molar-refractivity contribution >= 4 is 11.4 Å². The molecule has 0 aliphatic carbocycles. The Morgan fingerprint density at radius 1 is 1.07 bits per heavy atom. The monoisotopic (exact) mass is 233 g/mol. The Hall–Kier alpha value is 0.0600. The Labute approximate surface area is 85.7 Å². The zero-order valence-electron chi connectivity index (χ0n) is 8.64. The molecule has 0 aromatic heterocycles. The summed E-state index contributed by atoms with van der Waals surface area (Å²) in [6.07, 6.45) is 2.56. The predicted molar refractivity (Wildman–Crippen MR) is 53.9 cm³/mol. The first-order valence-corrected chi connectivity index (χ1v) is 6.06. The molecule has 0 radical (unpaired) electrons. The van der Waals surface area contributed by atoms with Gasteiger partial charge in [0, 0.05) is 26.3 Å². The molecule has 2 nitrogen and oxygen atoms in total. The molecule has 0 aromatic carbocycles. The molecule has 1 rings (SSSR count). The Morgan fingerprint density at radius 3 is 1.57 bits per heavy atom. The first-order chi connectivity index (χ1) is 6.52. The van der Waals surface area contributed by atoms with E-state index < -0.39 is 11.4 Å². The van der Waals surface area contributed by atoms with E-state index in [0.717, 1.165) is 13.2 Å². The predicted octanol–water partition coefficient (Wildman–Crippen LogP) is 3.50. The summed E-state index contributed by atoms with van der Waals surface area (Å²) in [5.74, 6) is 0. The quantitative estimate of drug-likeness (QED) is 0.739. The maximum Gasteiger partial charge on any atom is 0.278 e. The van der Waals surface area contributed by atoms with Gasteiger partial charge in [-0.05, 0) is 12.8 Å². The molecule has 1 saturated heterocycles. The molecule has 0 aromatic rings. The van der Waals surface area contributed by atoms with Gasteiger partial charge in [0.1, 0.15) is 0 Å². The molecule has 0 spiro atoms. The zero-order chi connectivity index (χ0) is 11.0. The van der Waals surface area contributed by atoms with Crippen LogP contribution in [0.3, 0.4) is 0 Å². The summed E-state index contributed by atoms with van der Waals surface area (Å²) < 4.78 is 40.7. The van der Waals surface area contributed by atoms with Crippen molar-refractivity contribution in [1.29, 1.82) is 0 Å². The molecule has 0 atom stereocenters. The van der Waals surface area contributed by atoms with Crippen molar-refractivity contribution in [3.8, 4) is 0 Å². The molecular weight excluding hydrogens is 215 g/mol. The van der Waals surface area contributed by atoms with Gasteiger partial charge in [-0.1, -0.05) is 13.8 Å². The van der Waals surface area contributed by atoms with Crippen LogP contribution in [-0.4, -0.2) is 30.6 Å². The van der Waals surface area contributed by atoms with Crippen molar-refractivity contribution in [2.24, 2.45) is 0 Å². The lowest BCUT2D eigenvalue weighted by atomic mass is 10.4. The molecule has 0 amide bonds. The first kappa shape index (κ1) is 14.1. The summed E-state index contributed by atoms with van der Waals surface area (Å²) >= 11 is -4.93. The highest BCUT2D eigenvalue weighted by Gasteiger charge is 2.27. The van der Waals surface area contributed by atoms with Crippen molar-refractivity contribution in [3.05, 3.63) is 0 Å². The SMILES string of the molecule is C1CCOC1.CCN(CC)S(F)(F)F. The fourth-order valence-corrected chi connectivity index (χ4v) is 1.61. The minimum atomic E-state index is -4.93. The van der Waals surface area contributed by atoms with Gasteiger partial charge in [-0.25, -0.2) is 0 Å². The van der Waals surface area contributed by atoms with Gasteiger partial charge in [0.2, 0.25) is 0 Å². The molecular formula is C8H18F3NOS. The van der Waals surface area contributed by atoms with Crippen LogP contribution in [0.15, 0.2) is 0 Å². The van der Waals surface area contributed by atoms with Crippen LogP contribution in [0.5, 0.6) is 0 Å². The maximum atomic E-state index is 11.7. The highest BCUT2D eigenvalue weighted by atomic mass is 32.3. The van der Waals surface area contributed by atoms with Crippen LogP contribution in [0, 0.1) is 0 Å². The molecule has 0 N–H and O–H groups in total. The van der Waals surface area contributed by atoms with Crippen LogP contribution < -0.4 is 0 Å². The topological polar surface area (TPSA) is 12.5 Å². The largest absolute Gasteiger partial charge is 0.381 e. The van der Waals surface area contributed by atoms with Gasteiger partial charge in [-0.15, -0.1) is 11.7 Å². The Balaban J connectivity index is 0.000000280. The van der Waals surface area contributed by atoms with Crippen molar-refractivity contribution in [2.45, 2.75) is 26.7 Å². The molecule has 1 fully saturated rings. The molecule has 1 heterocycles. The van der Waals surface area contributed by atoms with Crippen molar-refractivity contribution in [2.75, 3.05) is 26.3 Å². The Kier molecular flexibility index (Phi) is 7.40. The summed E-state index contributed by atoms with van der Waals surface area (Å²) in [5.41, 5.74) is 0. The smallest absolute Gasteiger partial charge is 0.278 e. The van der Waals surface area contributed by atoms with Crippen molar-refractivity contribution in [3.63, 3.8) is 0 Å². The Bertz CT molecular complexity index is 127. The molecule has 1 aliphatic rings. The average molecular weight is 233 g/mol. The normalized spacial score (nSPS) is 17.9. The van der Waals surface area contributed by atoms with Crippen molar-refractivity contribution < 1.29 is 16.4 Å². The molecule has 6 heteroatoms. The van der Waals surface area contributed by atoms with E-state index in [1.54, 1.807) is 0 Å². The fourth-order valence-electron chi connectivity index (χ4n) is 1.03. The van der Waals surface area contributed by atoms with Crippen LogP contribution in [0.25, 0.3) is 0 Å². The standard InChI is InChI=1S/C4H10F3NS.C4H8O/c1-3-8(4-2)9(5,6)7;1-2-4-5-3-1/h3-4H2,1-2H3;1-4H2. The molecule has 14 heavy (non-hydrogen) atoms. The lowest BCUT2D eigenvalue weighted by molar-refractivity contribution is 0.198. The number of rotatable bonds is 3. The van der Waals surface area contributed by atoms with Gasteiger partial charge < -0.3 is 4.74 Å². The van der Waals surface area contributed by atoms with E-state index in [-0.39, 0.29) is 13.1 Å². The highest BCUT2D eigenvalue weighted by Crippen LogP contribution is 2.55. The van der Waals surface area contributed by atoms with Crippen LogP contribution in [0.2, 0.25) is 0 Å². The second-order valence-corrected chi connectivity index (χ2v) is 4.10. The number of halogens is 3. The van der Waals surface area contributed by atoms with E-state index in [9.17, 15) is 11.7 Å². The maximum absolute atomic E-state index is 11.7. The summed E-state index contributed by atoms with van der Waals surface area (Å²) in [6.45, 7) is 5.14. The summed E-state index contributed by atoms with van der Waals surface area (Å²) in [6, 6.07) is 0. The third kappa shape index (κ3) is 6.50. The molecule has 0 unspecified atom stereocenters. The summed E-state index contributed by atoms with van der Waals surface area (Å²) in [4.78, 5) is 0. The zero-order valence-corrected chi connectivity index (χ0v) is 9.46.